The number of hydrogen-bond donors (Lipinski definition) is 1. The highest BCUT2D eigenvalue weighted by Crippen LogP contribution is 2.21. The van der Waals surface area contributed by atoms with Gasteiger partial charge in [-0.25, -0.2) is 9.67 Å². The van der Waals surface area contributed by atoms with Crippen molar-refractivity contribution in [3.8, 4) is 5.69 Å². The Morgan fingerprint density at radius 1 is 1.29 bits per heavy atom. The highest BCUT2D eigenvalue weighted by Gasteiger charge is 2.28. The van der Waals surface area contributed by atoms with E-state index in [0.29, 0.717) is 19.0 Å². The summed E-state index contributed by atoms with van der Waals surface area (Å²) in [5, 5.41) is 4.08. The monoisotopic (exact) mass is 349 g/mol. The minimum absolute atomic E-state index is 0.294. The summed E-state index contributed by atoms with van der Waals surface area (Å²) in [7, 11) is -3.46. The predicted molar refractivity (Wildman–Crippen MR) is 91.8 cm³/mol. The smallest absolute Gasteiger partial charge is 0.223 e. The van der Waals surface area contributed by atoms with Crippen LogP contribution in [0.25, 0.3) is 5.69 Å². The largest absolute Gasteiger partial charge is 0.280 e. The Balaban J connectivity index is 1.69. The van der Waals surface area contributed by atoms with Crippen LogP contribution < -0.4 is 4.72 Å². The van der Waals surface area contributed by atoms with Crippen LogP contribution in [0, 0.1) is 5.92 Å². The third-order valence-corrected chi connectivity index (χ3v) is 6.02. The summed E-state index contributed by atoms with van der Waals surface area (Å²) < 4.78 is 31.1. The van der Waals surface area contributed by atoms with Gasteiger partial charge in [-0.2, -0.15) is 22.5 Å². The number of nitrogens with one attached hydrogen (secondary N) is 1. The van der Waals surface area contributed by atoms with Gasteiger partial charge in [0.2, 0.25) is 0 Å². The molecule has 2 heterocycles. The molecule has 0 bridgehead atoms. The third-order valence-electron chi connectivity index (χ3n) is 4.36. The van der Waals surface area contributed by atoms with Crippen LogP contribution in [-0.4, -0.2) is 40.6 Å². The minimum Gasteiger partial charge on any atom is -0.223 e. The molecule has 3 rings (SSSR count). The highest BCUT2D eigenvalue weighted by molar-refractivity contribution is 7.87. The number of nitrogens with zero attached hydrogens (tertiary/aromatic N) is 4. The molecular formula is C16H23N5O2S. The fourth-order valence-corrected chi connectivity index (χ4v) is 4.54. The Bertz CT molecular complexity index is 758. The van der Waals surface area contributed by atoms with E-state index in [4.69, 9.17) is 0 Å². The molecule has 0 radical (unpaired) electrons. The lowest BCUT2D eigenvalue weighted by molar-refractivity contribution is 0.277. The molecule has 1 N–H and O–H groups in total. The molecule has 130 valence electrons. The van der Waals surface area contributed by atoms with E-state index in [9.17, 15) is 8.42 Å². The second-order valence-corrected chi connectivity index (χ2v) is 8.08. The van der Waals surface area contributed by atoms with Gasteiger partial charge in [-0.3, -0.25) is 0 Å². The lowest BCUT2D eigenvalue weighted by Crippen LogP contribution is -2.46. The van der Waals surface area contributed by atoms with Crippen LogP contribution in [0.1, 0.15) is 38.3 Å². The van der Waals surface area contributed by atoms with Crippen LogP contribution in [0.5, 0.6) is 0 Å². The molecule has 1 aromatic carbocycles. The molecule has 1 aliphatic rings. The normalized spacial score (nSPS) is 20.8. The highest BCUT2D eigenvalue weighted by atomic mass is 32.2. The number of rotatable bonds is 5. The van der Waals surface area contributed by atoms with E-state index in [1.165, 1.54) is 6.33 Å². The second kappa shape index (κ2) is 7.00. The maximum atomic E-state index is 12.6. The fourth-order valence-electron chi connectivity index (χ4n) is 2.99. The summed E-state index contributed by atoms with van der Waals surface area (Å²) in [5.74, 6) is 0.410. The van der Waals surface area contributed by atoms with Gasteiger partial charge in [0.25, 0.3) is 10.2 Å². The summed E-state index contributed by atoms with van der Waals surface area (Å²) in [5.41, 5.74) is 1.80. The van der Waals surface area contributed by atoms with Crippen molar-refractivity contribution >= 4 is 10.2 Å². The predicted octanol–water partition coefficient (Wildman–Crippen LogP) is 1.89. The summed E-state index contributed by atoms with van der Waals surface area (Å²) in [6.45, 7) is 5.13. The number of piperidine rings is 1. The summed E-state index contributed by atoms with van der Waals surface area (Å²) in [6.07, 6.45) is 5.11. The molecule has 2 aromatic rings. The number of benzene rings is 1. The first kappa shape index (κ1) is 17.1. The topological polar surface area (TPSA) is 80.1 Å². The second-order valence-electron chi connectivity index (χ2n) is 6.38. The number of hydrogen-bond acceptors (Lipinski definition) is 4. The van der Waals surface area contributed by atoms with Crippen LogP contribution in [-0.2, 0) is 10.2 Å². The SMILES string of the molecule is CC1CCCN(S(=O)(=O)NC(C)c2ccc(-n3cncn3)cc2)C1. The van der Waals surface area contributed by atoms with Gasteiger partial charge in [-0.15, -0.1) is 0 Å². The molecule has 24 heavy (non-hydrogen) atoms. The average molecular weight is 349 g/mol. The molecule has 8 heteroatoms. The van der Waals surface area contributed by atoms with Gasteiger partial charge in [-0.05, 0) is 43.4 Å². The first-order chi connectivity index (χ1) is 11.5. The summed E-state index contributed by atoms with van der Waals surface area (Å²) in [6, 6.07) is 7.32. The lowest BCUT2D eigenvalue weighted by atomic mass is 10.0. The molecule has 0 amide bonds. The molecule has 1 aromatic heterocycles. The Kier molecular flexibility index (Phi) is 4.98. The molecule has 0 spiro atoms. The van der Waals surface area contributed by atoms with E-state index in [1.54, 1.807) is 15.3 Å². The molecule has 1 aliphatic heterocycles. The van der Waals surface area contributed by atoms with E-state index in [2.05, 4.69) is 21.7 Å². The van der Waals surface area contributed by atoms with Gasteiger partial charge in [-0.1, -0.05) is 19.1 Å². The molecule has 7 nitrogen and oxygen atoms in total. The molecule has 1 fully saturated rings. The van der Waals surface area contributed by atoms with Crippen LogP contribution in [0.2, 0.25) is 0 Å². The standard InChI is InChI=1S/C16H23N5O2S/c1-13-4-3-9-20(10-13)24(22,23)19-14(2)15-5-7-16(8-6-15)21-12-17-11-18-21/h5-8,11-14,19H,3-4,9-10H2,1-2H3. The summed E-state index contributed by atoms with van der Waals surface area (Å²) >= 11 is 0. The maximum absolute atomic E-state index is 12.6. The maximum Gasteiger partial charge on any atom is 0.280 e. The zero-order valence-electron chi connectivity index (χ0n) is 14.0. The van der Waals surface area contributed by atoms with Crippen molar-refractivity contribution in [3.63, 3.8) is 0 Å². The van der Waals surface area contributed by atoms with Gasteiger partial charge in [0, 0.05) is 19.1 Å². The molecule has 2 unspecified atom stereocenters. The van der Waals surface area contributed by atoms with Gasteiger partial charge in [0.05, 0.1) is 5.69 Å². The first-order valence-corrected chi connectivity index (χ1v) is 9.62. The Hall–Kier alpha value is -1.77. The molecule has 2 atom stereocenters. The zero-order chi connectivity index (χ0) is 17.2. The van der Waals surface area contributed by atoms with Crippen LogP contribution in [0.4, 0.5) is 0 Å². The van der Waals surface area contributed by atoms with Crippen molar-refractivity contribution in [1.29, 1.82) is 0 Å². The fraction of sp³-hybridized carbons (Fsp3) is 0.500. The molecule has 1 saturated heterocycles. The Labute approximate surface area is 142 Å². The van der Waals surface area contributed by atoms with Crippen molar-refractivity contribution in [2.45, 2.75) is 32.7 Å². The Morgan fingerprint density at radius 3 is 2.67 bits per heavy atom. The van der Waals surface area contributed by atoms with E-state index < -0.39 is 10.2 Å². The van der Waals surface area contributed by atoms with E-state index >= 15 is 0 Å². The van der Waals surface area contributed by atoms with Crippen molar-refractivity contribution < 1.29 is 8.42 Å². The first-order valence-electron chi connectivity index (χ1n) is 8.18. The van der Waals surface area contributed by atoms with Crippen LogP contribution in [0.3, 0.4) is 0 Å². The van der Waals surface area contributed by atoms with E-state index in [0.717, 1.165) is 24.1 Å². The summed E-state index contributed by atoms with van der Waals surface area (Å²) in [4.78, 5) is 3.92. The van der Waals surface area contributed by atoms with E-state index in [1.807, 2.05) is 31.2 Å². The van der Waals surface area contributed by atoms with Crippen LogP contribution >= 0.6 is 0 Å². The van der Waals surface area contributed by atoms with Gasteiger partial charge in [0.15, 0.2) is 0 Å². The van der Waals surface area contributed by atoms with Crippen LogP contribution in [0.15, 0.2) is 36.9 Å². The van der Waals surface area contributed by atoms with Gasteiger partial charge in [0.1, 0.15) is 12.7 Å². The molecule has 0 saturated carbocycles. The molecule has 0 aliphatic carbocycles. The van der Waals surface area contributed by atoms with Gasteiger partial charge < -0.3 is 0 Å². The van der Waals surface area contributed by atoms with E-state index in [-0.39, 0.29) is 6.04 Å². The van der Waals surface area contributed by atoms with Gasteiger partial charge >= 0.3 is 0 Å². The average Bonchev–Trinajstić information content (AvgIpc) is 3.09. The molecular weight excluding hydrogens is 326 g/mol. The minimum atomic E-state index is -3.46. The lowest BCUT2D eigenvalue weighted by Gasteiger charge is -2.31. The van der Waals surface area contributed by atoms with Crippen molar-refractivity contribution in [2.24, 2.45) is 5.92 Å². The van der Waals surface area contributed by atoms with Crippen molar-refractivity contribution in [2.75, 3.05) is 13.1 Å². The quantitative estimate of drug-likeness (QED) is 0.894. The van der Waals surface area contributed by atoms with Crippen molar-refractivity contribution in [1.82, 2.24) is 23.8 Å². The Morgan fingerprint density at radius 2 is 2.04 bits per heavy atom. The third kappa shape index (κ3) is 3.82. The zero-order valence-corrected chi connectivity index (χ0v) is 14.8. The number of aromatic nitrogens is 3. The van der Waals surface area contributed by atoms with Crippen molar-refractivity contribution in [3.05, 3.63) is 42.5 Å².